The number of nitrogens with two attached hydrogens (primary N) is 1. The molecule has 0 bridgehead atoms. The summed E-state index contributed by atoms with van der Waals surface area (Å²) in [5.74, 6) is -0.189. The lowest BCUT2D eigenvalue weighted by atomic mass is 10.1. The molecule has 0 saturated carbocycles. The first-order valence-corrected chi connectivity index (χ1v) is 7.23. The van der Waals surface area contributed by atoms with Gasteiger partial charge in [-0.2, -0.15) is 0 Å². The van der Waals surface area contributed by atoms with E-state index in [4.69, 9.17) is 10.9 Å². The largest absolute Gasteiger partial charge is 0.409 e. The number of para-hydroxylation sites is 1. The summed E-state index contributed by atoms with van der Waals surface area (Å²) in [7, 11) is 1.66. The first-order chi connectivity index (χ1) is 10.1. The molecule has 2 aromatic rings. The lowest BCUT2D eigenvalue weighted by molar-refractivity contribution is 0.0992. The Morgan fingerprint density at radius 2 is 1.71 bits per heavy atom. The van der Waals surface area contributed by atoms with Crippen LogP contribution in [-0.2, 0) is 0 Å². The molecule has 2 rings (SSSR count). The molecule has 0 saturated heterocycles. The van der Waals surface area contributed by atoms with Gasteiger partial charge in [0.05, 0.1) is 11.3 Å². The summed E-state index contributed by atoms with van der Waals surface area (Å²) >= 11 is 2.12. The zero-order valence-electron chi connectivity index (χ0n) is 11.3. The Morgan fingerprint density at radius 3 is 2.33 bits per heavy atom. The van der Waals surface area contributed by atoms with Gasteiger partial charge in [-0.15, -0.1) is 0 Å². The number of nitrogens with zero attached hydrogens (tertiary/aromatic N) is 2. The van der Waals surface area contributed by atoms with Crippen LogP contribution in [0.3, 0.4) is 0 Å². The van der Waals surface area contributed by atoms with Crippen molar-refractivity contribution in [1.29, 1.82) is 0 Å². The Morgan fingerprint density at radius 1 is 1.14 bits per heavy atom. The van der Waals surface area contributed by atoms with Crippen LogP contribution in [0.25, 0.3) is 0 Å². The Hall–Kier alpha value is -2.09. The van der Waals surface area contributed by atoms with Gasteiger partial charge in [-0.1, -0.05) is 29.4 Å². The Balaban J connectivity index is 2.44. The van der Waals surface area contributed by atoms with Crippen LogP contribution < -0.4 is 10.6 Å². The standard InChI is InChI=1S/C15H14IN3O2/c1-19(15(20)10-6-2-4-8-12(10)16)13-9-5-3-7-11(13)14(17)18-21/h2-9,21H,1H3,(H2,17,18). The molecule has 1 amide bonds. The minimum Gasteiger partial charge on any atom is -0.409 e. The van der Waals surface area contributed by atoms with E-state index in [1.54, 1.807) is 37.4 Å². The maximum absolute atomic E-state index is 12.6. The van der Waals surface area contributed by atoms with Crippen LogP contribution in [0, 0.1) is 3.57 Å². The van der Waals surface area contributed by atoms with E-state index in [0.29, 0.717) is 16.8 Å². The van der Waals surface area contributed by atoms with Crippen LogP contribution in [0.5, 0.6) is 0 Å². The van der Waals surface area contributed by atoms with Crippen molar-refractivity contribution in [2.45, 2.75) is 0 Å². The number of rotatable bonds is 3. The molecule has 108 valence electrons. The number of hydrogen-bond donors (Lipinski definition) is 2. The first kappa shape index (κ1) is 15.3. The van der Waals surface area contributed by atoms with Crippen LogP contribution >= 0.6 is 22.6 Å². The van der Waals surface area contributed by atoms with Gasteiger partial charge in [0.2, 0.25) is 0 Å². The summed E-state index contributed by atoms with van der Waals surface area (Å²) in [5, 5.41) is 11.9. The molecule has 6 heteroatoms. The van der Waals surface area contributed by atoms with Crippen molar-refractivity contribution >= 4 is 40.0 Å². The third-order valence-corrected chi connectivity index (χ3v) is 4.00. The van der Waals surface area contributed by atoms with E-state index < -0.39 is 0 Å². The van der Waals surface area contributed by atoms with E-state index in [1.807, 2.05) is 18.2 Å². The first-order valence-electron chi connectivity index (χ1n) is 6.15. The quantitative estimate of drug-likeness (QED) is 0.276. The summed E-state index contributed by atoms with van der Waals surface area (Å²) in [4.78, 5) is 14.1. The predicted molar refractivity (Wildman–Crippen MR) is 90.8 cm³/mol. The van der Waals surface area contributed by atoms with Crippen LogP contribution in [0.15, 0.2) is 53.7 Å². The minimum atomic E-state index is -0.154. The van der Waals surface area contributed by atoms with E-state index >= 15 is 0 Å². The van der Waals surface area contributed by atoms with Crippen molar-refractivity contribution in [2.24, 2.45) is 10.9 Å². The van der Waals surface area contributed by atoms with Crippen LogP contribution in [-0.4, -0.2) is 24.0 Å². The Labute approximate surface area is 136 Å². The van der Waals surface area contributed by atoms with Crippen molar-refractivity contribution in [3.8, 4) is 0 Å². The van der Waals surface area contributed by atoms with E-state index in [2.05, 4.69) is 27.7 Å². The summed E-state index contributed by atoms with van der Waals surface area (Å²) in [6.45, 7) is 0. The smallest absolute Gasteiger partial charge is 0.259 e. The summed E-state index contributed by atoms with van der Waals surface area (Å²) in [5.41, 5.74) is 7.35. The minimum absolute atomic E-state index is 0.0343. The zero-order chi connectivity index (χ0) is 15.4. The average Bonchev–Trinajstić information content (AvgIpc) is 2.53. The van der Waals surface area contributed by atoms with E-state index in [1.165, 1.54) is 4.90 Å². The third kappa shape index (κ3) is 3.15. The molecular formula is C15H14IN3O2. The fourth-order valence-electron chi connectivity index (χ4n) is 1.96. The van der Waals surface area contributed by atoms with Crippen LogP contribution in [0.4, 0.5) is 5.69 Å². The number of hydrogen-bond acceptors (Lipinski definition) is 3. The average molecular weight is 395 g/mol. The van der Waals surface area contributed by atoms with Crippen LogP contribution in [0.2, 0.25) is 0 Å². The number of carbonyl (C=O) groups is 1. The van der Waals surface area contributed by atoms with Crippen molar-refractivity contribution in [1.82, 2.24) is 0 Å². The maximum atomic E-state index is 12.6. The molecule has 0 aliphatic carbocycles. The fraction of sp³-hybridized carbons (Fsp3) is 0.0667. The molecule has 0 radical (unpaired) electrons. The lowest BCUT2D eigenvalue weighted by Crippen LogP contribution is -2.29. The number of halogens is 1. The van der Waals surface area contributed by atoms with Crippen LogP contribution in [0.1, 0.15) is 15.9 Å². The van der Waals surface area contributed by atoms with Gasteiger partial charge in [-0.3, -0.25) is 4.79 Å². The lowest BCUT2D eigenvalue weighted by Gasteiger charge is -2.20. The number of amidine groups is 1. The Kier molecular flexibility index (Phi) is 4.79. The monoisotopic (exact) mass is 395 g/mol. The molecule has 0 heterocycles. The highest BCUT2D eigenvalue weighted by Gasteiger charge is 2.19. The Bertz CT molecular complexity index is 701. The summed E-state index contributed by atoms with van der Waals surface area (Å²) in [6, 6.07) is 14.3. The zero-order valence-corrected chi connectivity index (χ0v) is 13.5. The number of amides is 1. The van der Waals surface area contributed by atoms with Gasteiger partial charge >= 0.3 is 0 Å². The second-order valence-corrected chi connectivity index (χ2v) is 5.51. The number of benzene rings is 2. The third-order valence-electron chi connectivity index (χ3n) is 3.06. The normalized spacial score (nSPS) is 11.2. The maximum Gasteiger partial charge on any atom is 0.259 e. The molecule has 0 aromatic heterocycles. The van der Waals surface area contributed by atoms with E-state index in [9.17, 15) is 4.79 Å². The predicted octanol–water partition coefficient (Wildman–Crippen LogP) is 2.66. The van der Waals surface area contributed by atoms with Crippen molar-refractivity contribution in [3.63, 3.8) is 0 Å². The fourth-order valence-corrected chi connectivity index (χ4v) is 2.58. The molecule has 2 aromatic carbocycles. The van der Waals surface area contributed by atoms with Gasteiger partial charge in [0.15, 0.2) is 5.84 Å². The van der Waals surface area contributed by atoms with Crippen molar-refractivity contribution < 1.29 is 10.0 Å². The number of oxime groups is 1. The SMILES string of the molecule is CN(C(=O)c1ccccc1I)c1ccccc1/C(N)=N/O. The van der Waals surface area contributed by atoms with Gasteiger partial charge in [0, 0.05) is 16.2 Å². The second-order valence-electron chi connectivity index (χ2n) is 4.35. The summed E-state index contributed by atoms with van der Waals surface area (Å²) < 4.78 is 0.869. The molecule has 0 fully saturated rings. The van der Waals surface area contributed by atoms with Gasteiger partial charge in [-0.25, -0.2) is 0 Å². The van der Waals surface area contributed by atoms with Gasteiger partial charge in [0.1, 0.15) is 0 Å². The molecule has 3 N–H and O–H groups in total. The van der Waals surface area contributed by atoms with Crippen molar-refractivity contribution in [2.75, 3.05) is 11.9 Å². The molecule has 0 spiro atoms. The van der Waals surface area contributed by atoms with Gasteiger partial charge in [-0.05, 0) is 46.9 Å². The van der Waals surface area contributed by atoms with E-state index in [0.717, 1.165) is 3.57 Å². The second kappa shape index (κ2) is 6.57. The highest BCUT2D eigenvalue weighted by Crippen LogP contribution is 2.22. The molecule has 0 unspecified atom stereocenters. The molecule has 0 atom stereocenters. The van der Waals surface area contributed by atoms with E-state index in [-0.39, 0.29) is 11.7 Å². The molecule has 5 nitrogen and oxygen atoms in total. The number of carbonyl (C=O) groups excluding carboxylic acids is 1. The van der Waals surface area contributed by atoms with Gasteiger partial charge in [0.25, 0.3) is 5.91 Å². The molecule has 21 heavy (non-hydrogen) atoms. The highest BCUT2D eigenvalue weighted by molar-refractivity contribution is 14.1. The number of anilines is 1. The van der Waals surface area contributed by atoms with Gasteiger partial charge < -0.3 is 15.8 Å². The summed E-state index contributed by atoms with van der Waals surface area (Å²) in [6.07, 6.45) is 0. The molecule has 0 aliphatic heterocycles. The van der Waals surface area contributed by atoms with Crippen molar-refractivity contribution in [3.05, 3.63) is 63.2 Å². The topological polar surface area (TPSA) is 78.9 Å². The molecular weight excluding hydrogens is 381 g/mol. The highest BCUT2D eigenvalue weighted by atomic mass is 127. The molecule has 0 aliphatic rings.